The molecule has 2 aromatic carbocycles. The number of nitrogens with one attached hydrogen (secondary N) is 2. The molecule has 1 aliphatic carbocycles. The quantitative estimate of drug-likeness (QED) is 0.241. The number of nitrogens with two attached hydrogens (primary N) is 1. The number of nitrogens with zero attached hydrogens (tertiary/aromatic N) is 1. The Morgan fingerprint density at radius 3 is 2.60 bits per heavy atom. The maximum atomic E-state index is 13.6. The van der Waals surface area contributed by atoms with Crippen LogP contribution in [0.4, 0.5) is 4.39 Å². The molecule has 0 fully saturated rings. The Hall–Kier alpha value is -4.37. The summed E-state index contributed by atoms with van der Waals surface area (Å²) in [6.07, 6.45) is 2.76. The van der Waals surface area contributed by atoms with E-state index in [1.807, 2.05) is 32.0 Å². The van der Waals surface area contributed by atoms with Crippen molar-refractivity contribution in [2.75, 3.05) is 6.54 Å². The second-order valence-electron chi connectivity index (χ2n) is 11.7. The van der Waals surface area contributed by atoms with E-state index in [1.54, 1.807) is 24.3 Å². The Morgan fingerprint density at radius 2 is 1.86 bits per heavy atom. The van der Waals surface area contributed by atoms with Crippen LogP contribution in [0.25, 0.3) is 10.4 Å². The Labute approximate surface area is 253 Å². The number of benzene rings is 2. The number of aromatic nitrogens is 1. The Kier molecular flexibility index (Phi) is 7.83. The third-order valence-corrected chi connectivity index (χ3v) is 9.28. The Morgan fingerprint density at radius 1 is 1.09 bits per heavy atom. The van der Waals surface area contributed by atoms with Crippen LogP contribution in [0.3, 0.4) is 0 Å². The smallest absolute Gasteiger partial charge is 0.261 e. The van der Waals surface area contributed by atoms with Gasteiger partial charge in [0.25, 0.3) is 17.7 Å². The van der Waals surface area contributed by atoms with E-state index in [-0.39, 0.29) is 41.1 Å². The monoisotopic (exact) mass is 596 g/mol. The number of hydrogen-bond acceptors (Lipinski definition) is 5. The lowest BCUT2D eigenvalue weighted by Gasteiger charge is -2.29. The van der Waals surface area contributed by atoms with Gasteiger partial charge in [-0.05, 0) is 72.6 Å². The number of rotatable bonds is 8. The van der Waals surface area contributed by atoms with Crippen molar-refractivity contribution < 1.29 is 18.8 Å². The van der Waals surface area contributed by atoms with Crippen molar-refractivity contribution in [2.45, 2.75) is 51.5 Å². The number of primary amides is 1. The molecule has 2 aliphatic rings. The minimum Gasteiger partial charge on any atom is -0.366 e. The lowest BCUT2D eigenvalue weighted by molar-refractivity contribution is 0.0931. The summed E-state index contributed by atoms with van der Waals surface area (Å²) >= 11 is 1.23. The molecule has 6 rings (SSSR count). The van der Waals surface area contributed by atoms with Crippen LogP contribution < -0.4 is 16.4 Å². The van der Waals surface area contributed by atoms with Crippen molar-refractivity contribution in [1.82, 2.24) is 15.6 Å². The lowest BCUT2D eigenvalue weighted by Crippen LogP contribution is -2.38. The van der Waals surface area contributed by atoms with Gasteiger partial charge in [-0.2, -0.15) is 0 Å². The predicted molar refractivity (Wildman–Crippen MR) is 165 cm³/mol. The van der Waals surface area contributed by atoms with Crippen LogP contribution in [0.15, 0.2) is 60.7 Å². The number of aryl methyl sites for hydroxylation is 1. The van der Waals surface area contributed by atoms with Crippen molar-refractivity contribution in [3.05, 3.63) is 111 Å². The summed E-state index contributed by atoms with van der Waals surface area (Å²) in [5.74, 6) is -1.56. The highest BCUT2D eigenvalue weighted by Gasteiger charge is 2.35. The molecule has 0 radical (unpaired) electrons. The zero-order valence-corrected chi connectivity index (χ0v) is 24.9. The maximum absolute atomic E-state index is 13.6. The largest absolute Gasteiger partial charge is 0.366 e. The normalized spacial score (nSPS) is 17.3. The minimum absolute atomic E-state index is 0.0697. The van der Waals surface area contributed by atoms with Gasteiger partial charge in [0.1, 0.15) is 5.82 Å². The molecule has 4 N–H and O–H groups in total. The molecule has 2 aromatic heterocycles. The van der Waals surface area contributed by atoms with E-state index in [4.69, 9.17) is 10.7 Å². The summed E-state index contributed by atoms with van der Waals surface area (Å²) in [5, 5.41) is 6.13. The number of carbonyl (C=O) groups excluding carboxylic acids is 3. The first-order chi connectivity index (χ1) is 20.7. The summed E-state index contributed by atoms with van der Waals surface area (Å²) < 4.78 is 13.6. The second-order valence-corrected chi connectivity index (χ2v) is 12.8. The van der Waals surface area contributed by atoms with E-state index in [1.165, 1.54) is 29.0 Å². The van der Waals surface area contributed by atoms with Crippen LogP contribution in [-0.4, -0.2) is 29.3 Å². The van der Waals surface area contributed by atoms with Crippen LogP contribution >= 0.6 is 11.3 Å². The molecule has 0 saturated heterocycles. The highest BCUT2D eigenvalue weighted by Crippen LogP contribution is 2.41. The van der Waals surface area contributed by atoms with E-state index < -0.39 is 5.91 Å². The lowest BCUT2D eigenvalue weighted by atomic mass is 9.84. The first kappa shape index (κ1) is 28.7. The van der Waals surface area contributed by atoms with Gasteiger partial charge in [-0.25, -0.2) is 4.39 Å². The fourth-order valence-corrected chi connectivity index (χ4v) is 7.20. The topological polar surface area (TPSA) is 114 Å². The van der Waals surface area contributed by atoms with Crippen molar-refractivity contribution in [1.29, 1.82) is 0 Å². The van der Waals surface area contributed by atoms with Gasteiger partial charge in [0.15, 0.2) is 0 Å². The summed E-state index contributed by atoms with van der Waals surface area (Å²) in [7, 11) is 0. The summed E-state index contributed by atoms with van der Waals surface area (Å²) in [4.78, 5) is 45.9. The molecule has 7 nitrogen and oxygen atoms in total. The molecule has 1 aliphatic heterocycles. The van der Waals surface area contributed by atoms with Crippen LogP contribution in [0.1, 0.15) is 90.7 Å². The Balaban J connectivity index is 1.42. The summed E-state index contributed by atoms with van der Waals surface area (Å²) in [6.45, 7) is 4.42. The maximum Gasteiger partial charge on any atom is 0.261 e. The van der Waals surface area contributed by atoms with Crippen molar-refractivity contribution >= 4 is 29.1 Å². The van der Waals surface area contributed by atoms with E-state index in [0.717, 1.165) is 24.0 Å². The minimum atomic E-state index is -0.670. The highest BCUT2D eigenvalue weighted by atomic mass is 32.1. The van der Waals surface area contributed by atoms with Crippen LogP contribution in [-0.2, 0) is 19.3 Å². The van der Waals surface area contributed by atoms with Gasteiger partial charge in [0, 0.05) is 22.9 Å². The number of amides is 3. The Bertz CT molecular complexity index is 1730. The van der Waals surface area contributed by atoms with Gasteiger partial charge in [-0.1, -0.05) is 50.2 Å². The van der Waals surface area contributed by atoms with Gasteiger partial charge < -0.3 is 16.4 Å². The first-order valence-corrected chi connectivity index (χ1v) is 15.4. The molecular weight excluding hydrogens is 563 g/mol. The third kappa shape index (κ3) is 5.69. The fraction of sp³-hybridized carbons (Fsp3) is 0.294. The number of hydrogen-bond donors (Lipinski definition) is 3. The number of pyridine rings is 1. The van der Waals surface area contributed by atoms with Gasteiger partial charge in [-0.3, -0.25) is 19.4 Å². The third-order valence-electron chi connectivity index (χ3n) is 8.18. The molecule has 220 valence electrons. The van der Waals surface area contributed by atoms with E-state index in [9.17, 15) is 18.8 Å². The van der Waals surface area contributed by atoms with Crippen LogP contribution in [0.2, 0.25) is 0 Å². The summed E-state index contributed by atoms with van der Waals surface area (Å²) in [6, 6.07) is 17.9. The molecule has 0 bridgehead atoms. The molecule has 9 heteroatoms. The van der Waals surface area contributed by atoms with E-state index >= 15 is 0 Å². The molecule has 0 spiro atoms. The molecular formula is C34H33FN4O3S. The number of fused-ring (bicyclic) bond motifs is 2. The summed E-state index contributed by atoms with van der Waals surface area (Å²) in [5.41, 5.74) is 11.3. The molecule has 3 amide bonds. The average Bonchev–Trinajstić information content (AvgIpc) is 3.63. The molecule has 3 heterocycles. The fourth-order valence-electron chi connectivity index (χ4n) is 6.23. The molecule has 4 aromatic rings. The van der Waals surface area contributed by atoms with E-state index in [2.05, 4.69) is 16.7 Å². The highest BCUT2D eigenvalue weighted by molar-refractivity contribution is 7.17. The zero-order valence-electron chi connectivity index (χ0n) is 24.1. The molecule has 0 unspecified atom stereocenters. The number of halogens is 1. The van der Waals surface area contributed by atoms with Crippen LogP contribution in [0.5, 0.6) is 0 Å². The predicted octanol–water partition coefficient (Wildman–Crippen LogP) is 5.73. The van der Waals surface area contributed by atoms with Crippen molar-refractivity contribution in [3.63, 3.8) is 0 Å². The number of carbonyl (C=O) groups is 3. The number of thiophene rings is 1. The second kappa shape index (κ2) is 11.7. The van der Waals surface area contributed by atoms with E-state index in [0.29, 0.717) is 51.7 Å². The van der Waals surface area contributed by atoms with Gasteiger partial charge in [-0.15, -0.1) is 11.3 Å². The van der Waals surface area contributed by atoms with Crippen molar-refractivity contribution in [3.8, 4) is 10.4 Å². The first-order valence-electron chi connectivity index (χ1n) is 14.6. The zero-order chi connectivity index (χ0) is 30.2. The van der Waals surface area contributed by atoms with Gasteiger partial charge in [0.05, 0.1) is 33.4 Å². The van der Waals surface area contributed by atoms with Crippen LogP contribution in [0, 0.1) is 11.7 Å². The molecule has 43 heavy (non-hydrogen) atoms. The molecule has 2 atom stereocenters. The standard InChI is InChI=1S/C34H33FN4O3S/c1-18(2)15-25-28(32(36)40)29(30-31(38-25)21(17-37-34(30)42)16-19-7-10-22(35)11-8-19)26-13-14-27(43-26)33(41)39-24-12-9-20-5-3-4-6-23(20)24/h3-8,10-11,13-14,18,21,24H,9,12,15-17H2,1-2H3,(H2,36,40)(H,37,42)(H,39,41)/t21-,24-/m0/s1. The van der Waals surface area contributed by atoms with Crippen molar-refractivity contribution in [2.24, 2.45) is 11.7 Å². The SMILES string of the molecule is CC(C)Cc1nc2c(c(-c3ccc(C(=O)N[C@H]4CCc5ccccc54)s3)c1C(N)=O)C(=O)NC[C@@H]2Cc1ccc(F)cc1. The molecule has 0 saturated carbocycles. The van der Waals surface area contributed by atoms with Gasteiger partial charge >= 0.3 is 0 Å². The average molecular weight is 597 g/mol. The van der Waals surface area contributed by atoms with Gasteiger partial charge in [0.2, 0.25) is 0 Å².